The lowest BCUT2D eigenvalue weighted by atomic mass is 9.92. The molecule has 0 aromatic rings. The van der Waals surface area contributed by atoms with Gasteiger partial charge in [-0.25, -0.2) is 0 Å². The minimum absolute atomic E-state index is 0.0256. The Labute approximate surface area is 92.2 Å². The zero-order valence-corrected chi connectivity index (χ0v) is 8.81. The fourth-order valence-electron chi connectivity index (χ4n) is 1.66. The topological polar surface area (TPSA) is 116 Å². The largest absolute Gasteiger partial charge is 0.394 e. The van der Waals surface area contributed by atoms with Crippen molar-refractivity contribution in [2.24, 2.45) is 0 Å². The average Bonchev–Trinajstić information content (AvgIpc) is 2.27. The smallest absolute Gasteiger partial charge is 0.228 e. The van der Waals surface area contributed by atoms with E-state index in [0.717, 1.165) is 0 Å². The Hall–Kier alpha value is -0.570. The van der Waals surface area contributed by atoms with Gasteiger partial charge in [-0.3, -0.25) is 0 Å². The van der Waals surface area contributed by atoms with E-state index < -0.39 is 36.8 Å². The van der Waals surface area contributed by atoms with E-state index in [1.807, 2.05) is 0 Å². The summed E-state index contributed by atoms with van der Waals surface area (Å²) in [5, 5.41) is 37.9. The van der Waals surface area contributed by atoms with E-state index in [-0.39, 0.29) is 12.9 Å². The Balaban J connectivity index is 2.94. The lowest BCUT2D eigenvalue weighted by molar-refractivity contribution is -0.354. The van der Waals surface area contributed by atoms with Crippen LogP contribution in [-0.4, -0.2) is 70.1 Å². The van der Waals surface area contributed by atoms with Gasteiger partial charge < -0.3 is 34.7 Å². The van der Waals surface area contributed by atoms with E-state index in [1.165, 1.54) is 0 Å². The van der Waals surface area contributed by atoms with Crippen molar-refractivity contribution in [3.05, 3.63) is 0 Å². The fraction of sp³-hybridized carbons (Fsp3) is 0.889. The third kappa shape index (κ3) is 2.10. The Morgan fingerprint density at radius 2 is 2.12 bits per heavy atom. The highest BCUT2D eigenvalue weighted by Crippen LogP contribution is 2.30. The van der Waals surface area contributed by atoms with Crippen LogP contribution >= 0.6 is 0 Å². The molecule has 1 rings (SSSR count). The molecule has 1 heterocycles. The van der Waals surface area contributed by atoms with Crippen LogP contribution in [0.4, 0.5) is 0 Å². The van der Waals surface area contributed by atoms with Gasteiger partial charge in [-0.1, -0.05) is 0 Å². The van der Waals surface area contributed by atoms with Crippen LogP contribution in [0.1, 0.15) is 6.92 Å². The summed E-state index contributed by atoms with van der Waals surface area (Å²) in [6, 6.07) is 0. The highest BCUT2D eigenvalue weighted by Gasteiger charge is 2.55. The summed E-state index contributed by atoms with van der Waals surface area (Å²) in [4.78, 5) is 10.7. The predicted octanol–water partition coefficient (Wildman–Crippen LogP) is -2.61. The maximum atomic E-state index is 10.7. The zero-order chi connectivity index (χ0) is 12.3. The van der Waals surface area contributed by atoms with E-state index >= 15 is 0 Å². The van der Waals surface area contributed by atoms with Crippen molar-refractivity contribution in [1.82, 2.24) is 0 Å². The van der Waals surface area contributed by atoms with E-state index in [4.69, 9.17) is 14.6 Å². The first-order valence-electron chi connectivity index (χ1n) is 4.95. The number of aliphatic hydroxyl groups is 4. The molecule has 0 saturated carbocycles. The molecule has 1 saturated heterocycles. The molecule has 4 N–H and O–H groups in total. The molecule has 94 valence electrons. The second-order valence-electron chi connectivity index (χ2n) is 3.53. The molecule has 1 aliphatic rings. The molecule has 0 bridgehead atoms. The molecule has 5 atom stereocenters. The molecular weight excluding hydrogens is 220 g/mol. The summed E-state index contributed by atoms with van der Waals surface area (Å²) in [5.41, 5.74) is 0. The predicted molar refractivity (Wildman–Crippen MR) is 50.4 cm³/mol. The van der Waals surface area contributed by atoms with Crippen LogP contribution in [0.2, 0.25) is 0 Å². The first kappa shape index (κ1) is 13.5. The number of carbonyl (C=O) groups excluding carboxylic acids is 1. The van der Waals surface area contributed by atoms with Gasteiger partial charge in [-0.05, 0) is 6.92 Å². The third-order valence-corrected chi connectivity index (χ3v) is 2.54. The van der Waals surface area contributed by atoms with Crippen molar-refractivity contribution in [2.75, 3.05) is 13.2 Å². The quantitative estimate of drug-likeness (QED) is 0.312. The Kier molecular flexibility index (Phi) is 4.36. The van der Waals surface area contributed by atoms with Gasteiger partial charge >= 0.3 is 0 Å². The SMILES string of the molecule is CCO[C@]1(O)C(C=O)O[C@H](CO)[C@@H](O)[C@@H]1O. The maximum absolute atomic E-state index is 10.7. The summed E-state index contributed by atoms with van der Waals surface area (Å²) >= 11 is 0. The molecule has 0 aromatic carbocycles. The highest BCUT2D eigenvalue weighted by atomic mass is 16.7. The summed E-state index contributed by atoms with van der Waals surface area (Å²) in [6.07, 6.45) is -5.59. The number of ether oxygens (including phenoxy) is 2. The van der Waals surface area contributed by atoms with Gasteiger partial charge in [0.2, 0.25) is 5.79 Å². The van der Waals surface area contributed by atoms with Gasteiger partial charge in [-0.15, -0.1) is 0 Å². The standard InChI is InChI=1S/C9H16O7/c1-2-15-9(14)6(4-11)16-5(3-10)7(12)8(9)13/h4-8,10,12-14H,2-3H2,1H3/t5-,6?,7-,8+,9-/m1/s1. The van der Waals surface area contributed by atoms with Crippen molar-refractivity contribution in [1.29, 1.82) is 0 Å². The third-order valence-electron chi connectivity index (χ3n) is 2.54. The van der Waals surface area contributed by atoms with E-state index in [1.54, 1.807) is 6.92 Å². The Morgan fingerprint density at radius 1 is 1.50 bits per heavy atom. The second kappa shape index (κ2) is 5.17. The molecule has 0 radical (unpaired) electrons. The summed E-state index contributed by atoms with van der Waals surface area (Å²) in [7, 11) is 0. The van der Waals surface area contributed by atoms with E-state index in [2.05, 4.69) is 0 Å². The molecule has 1 fully saturated rings. The molecule has 1 unspecified atom stereocenters. The first-order valence-corrected chi connectivity index (χ1v) is 4.95. The van der Waals surface area contributed by atoms with Crippen molar-refractivity contribution in [3.63, 3.8) is 0 Å². The lowest BCUT2D eigenvalue weighted by Gasteiger charge is -2.45. The van der Waals surface area contributed by atoms with Crippen LogP contribution in [0, 0.1) is 0 Å². The Morgan fingerprint density at radius 3 is 2.56 bits per heavy atom. The highest BCUT2D eigenvalue weighted by molar-refractivity contribution is 5.58. The monoisotopic (exact) mass is 236 g/mol. The van der Waals surface area contributed by atoms with Crippen molar-refractivity contribution in [3.8, 4) is 0 Å². The van der Waals surface area contributed by atoms with Crippen LogP contribution in [0.5, 0.6) is 0 Å². The molecule has 16 heavy (non-hydrogen) atoms. The lowest BCUT2D eigenvalue weighted by Crippen LogP contribution is -2.68. The Bertz CT molecular complexity index is 246. The van der Waals surface area contributed by atoms with Crippen LogP contribution in [-0.2, 0) is 14.3 Å². The van der Waals surface area contributed by atoms with Crippen molar-refractivity contribution < 1.29 is 34.7 Å². The normalized spacial score (nSPS) is 44.3. The van der Waals surface area contributed by atoms with Crippen molar-refractivity contribution >= 4 is 6.29 Å². The van der Waals surface area contributed by atoms with E-state index in [0.29, 0.717) is 0 Å². The van der Waals surface area contributed by atoms with E-state index in [9.17, 15) is 20.1 Å². The molecule has 7 nitrogen and oxygen atoms in total. The average molecular weight is 236 g/mol. The van der Waals surface area contributed by atoms with Crippen LogP contribution in [0.3, 0.4) is 0 Å². The summed E-state index contributed by atoms with van der Waals surface area (Å²) in [6.45, 7) is 1.000. The molecule has 0 amide bonds. The molecule has 0 spiro atoms. The number of aldehydes is 1. The first-order chi connectivity index (χ1) is 7.51. The number of hydrogen-bond donors (Lipinski definition) is 4. The molecule has 1 aliphatic heterocycles. The van der Waals surface area contributed by atoms with Gasteiger partial charge in [0, 0.05) is 6.61 Å². The molecule has 0 aliphatic carbocycles. The van der Waals surface area contributed by atoms with Crippen LogP contribution < -0.4 is 0 Å². The molecule has 7 heteroatoms. The number of aliphatic hydroxyl groups excluding tert-OH is 3. The van der Waals surface area contributed by atoms with Gasteiger partial charge in [0.15, 0.2) is 12.4 Å². The fourth-order valence-corrected chi connectivity index (χ4v) is 1.66. The summed E-state index contributed by atoms with van der Waals surface area (Å²) < 4.78 is 9.79. The second-order valence-corrected chi connectivity index (χ2v) is 3.53. The number of carbonyl (C=O) groups is 1. The molecule has 0 aromatic heterocycles. The zero-order valence-electron chi connectivity index (χ0n) is 8.81. The number of rotatable bonds is 4. The van der Waals surface area contributed by atoms with Gasteiger partial charge in [0.25, 0.3) is 0 Å². The summed E-state index contributed by atoms with van der Waals surface area (Å²) in [5.74, 6) is -2.29. The molecular formula is C9H16O7. The maximum Gasteiger partial charge on any atom is 0.228 e. The van der Waals surface area contributed by atoms with Crippen LogP contribution in [0.15, 0.2) is 0 Å². The van der Waals surface area contributed by atoms with Crippen molar-refractivity contribution in [2.45, 2.75) is 37.1 Å². The van der Waals surface area contributed by atoms with Gasteiger partial charge in [0.05, 0.1) is 6.61 Å². The number of hydrogen-bond acceptors (Lipinski definition) is 7. The van der Waals surface area contributed by atoms with Gasteiger partial charge in [-0.2, -0.15) is 0 Å². The minimum atomic E-state index is -2.29. The van der Waals surface area contributed by atoms with Gasteiger partial charge in [0.1, 0.15) is 18.3 Å². The minimum Gasteiger partial charge on any atom is -0.394 e. The van der Waals surface area contributed by atoms with Crippen LogP contribution in [0.25, 0.3) is 0 Å².